The second kappa shape index (κ2) is 87.5. The van der Waals surface area contributed by atoms with E-state index in [1.807, 2.05) is 0 Å². The van der Waals surface area contributed by atoms with Crippen LogP contribution in [0.4, 0.5) is 0 Å². The summed E-state index contributed by atoms with van der Waals surface area (Å²) < 4.78 is 61.3. The molecule has 16 nitrogen and oxygen atoms in total. The van der Waals surface area contributed by atoms with Gasteiger partial charge in [-0.1, -0.05) is 374 Å². The monoisotopic (exact) mass is 1630 g/mol. The molecule has 0 saturated heterocycles. The highest BCUT2D eigenvalue weighted by Crippen LogP contribution is 2.45. The van der Waals surface area contributed by atoms with E-state index in [2.05, 4.69) is 130 Å². The maximum atomic E-state index is 13.0. The Balaban J connectivity index is 4.36. The Morgan fingerprint density at radius 3 is 0.726 bits per heavy atom. The maximum absolute atomic E-state index is 13.0. The third kappa shape index (κ3) is 88.9. The Morgan fingerprint density at radius 1 is 0.248 bits per heavy atom. The summed E-state index contributed by atoms with van der Waals surface area (Å²) in [6.07, 6.45) is 106. The van der Waals surface area contributed by atoms with E-state index in [1.165, 1.54) is 238 Å². The molecule has 0 spiro atoms. The zero-order valence-corrected chi connectivity index (χ0v) is 74.1. The molecule has 0 amide bonds. The molecular weight excluding hydrogens is 1460 g/mol. The third-order valence-electron chi connectivity index (χ3n) is 19.9. The van der Waals surface area contributed by atoms with E-state index in [1.54, 1.807) is 0 Å². The van der Waals surface area contributed by atoms with E-state index in [4.69, 9.17) is 32.3 Å². The van der Waals surface area contributed by atoms with Crippen LogP contribution in [0.25, 0.3) is 0 Å². The number of phosphoric ester groups is 2. The Bertz CT molecular complexity index is 2490. The van der Waals surface area contributed by atoms with Crippen LogP contribution in [-0.4, -0.2) is 95.9 Å². The zero-order chi connectivity index (χ0) is 82.2. The van der Waals surface area contributed by atoms with Gasteiger partial charge in [0.05, 0.1) is 26.4 Å². The van der Waals surface area contributed by atoms with Crippen molar-refractivity contribution in [2.45, 2.75) is 437 Å². The number of phosphoric acid groups is 2. The molecule has 0 bridgehead atoms. The third-order valence-corrected chi connectivity index (χ3v) is 21.8. The molecule has 0 heterocycles. The molecule has 0 rings (SSSR count). The van der Waals surface area contributed by atoms with Crippen LogP contribution < -0.4 is 0 Å². The first-order valence-electron chi connectivity index (χ1n) is 46.2. The number of rotatable bonds is 88. The van der Waals surface area contributed by atoms with Gasteiger partial charge in [0.15, 0.2) is 6.10 Å². The molecule has 0 aromatic carbocycles. The van der Waals surface area contributed by atoms with Crippen LogP contribution in [0.15, 0.2) is 109 Å². The first-order chi connectivity index (χ1) is 55.2. The van der Waals surface area contributed by atoms with Crippen LogP contribution in [0.2, 0.25) is 0 Å². The minimum Gasteiger partial charge on any atom is -0.463 e. The van der Waals surface area contributed by atoms with Gasteiger partial charge in [-0.25, -0.2) is 9.13 Å². The van der Waals surface area contributed by atoms with Crippen molar-refractivity contribution in [3.05, 3.63) is 109 Å². The molecule has 0 aromatic rings. The van der Waals surface area contributed by atoms with Gasteiger partial charge in [0.1, 0.15) is 25.4 Å². The summed E-state index contributed by atoms with van der Waals surface area (Å²) in [5, 5.41) is 20.7. The lowest BCUT2D eigenvalue weighted by molar-refractivity contribution is -0.161. The Kier molecular flexibility index (Phi) is 84.6. The van der Waals surface area contributed by atoms with Gasteiger partial charge in [-0.05, 0) is 135 Å². The number of ether oxygens (including phenoxy) is 3. The van der Waals surface area contributed by atoms with Crippen molar-refractivity contribution >= 4 is 33.6 Å². The van der Waals surface area contributed by atoms with Gasteiger partial charge in [-0.15, -0.1) is 0 Å². The molecule has 0 fully saturated rings. The van der Waals surface area contributed by atoms with Gasteiger partial charge in [-0.3, -0.25) is 32.5 Å². The number of unbranched alkanes of at least 4 members (excludes halogenated alkanes) is 47. The molecule has 0 aliphatic heterocycles. The smallest absolute Gasteiger partial charge is 0.463 e. The molecule has 0 aliphatic rings. The lowest BCUT2D eigenvalue weighted by Gasteiger charge is -2.21. The fourth-order valence-corrected chi connectivity index (χ4v) is 14.5. The second-order valence-corrected chi connectivity index (χ2v) is 34.0. The first kappa shape index (κ1) is 109. The SMILES string of the molecule is CCCCC/C=C\C/C=C\C/C=C\C/C=C\CCCCCCCCCCCCCCCCCCCCCC(=O)OCC(O)COP(=O)(O)OCC(O)COP(=O)(O)OCC(COC(=O)CCCCCCCCCCCCCCC/C=C\C/C=C\C/C=C\C/C=C\CCCCC)OC(=O)CCCCCCC/C=C\CCCCCC. The van der Waals surface area contributed by atoms with E-state index in [-0.39, 0.29) is 19.3 Å². The van der Waals surface area contributed by atoms with Crippen molar-refractivity contribution in [3.8, 4) is 0 Å². The number of hydrogen-bond acceptors (Lipinski definition) is 14. The quantitative estimate of drug-likeness (QED) is 0.0146. The van der Waals surface area contributed by atoms with Crippen molar-refractivity contribution < 1.29 is 75.8 Å². The maximum Gasteiger partial charge on any atom is 0.472 e. The largest absolute Gasteiger partial charge is 0.472 e. The summed E-state index contributed by atoms with van der Waals surface area (Å²) in [6, 6.07) is 0. The summed E-state index contributed by atoms with van der Waals surface area (Å²) in [5.41, 5.74) is 0. The van der Waals surface area contributed by atoms with E-state index < -0.39 is 91.5 Å². The molecule has 0 radical (unpaired) electrons. The molecule has 113 heavy (non-hydrogen) atoms. The van der Waals surface area contributed by atoms with Gasteiger partial charge in [-0.2, -0.15) is 0 Å². The fourth-order valence-electron chi connectivity index (χ4n) is 12.9. The first-order valence-corrected chi connectivity index (χ1v) is 49.2. The molecule has 0 saturated carbocycles. The van der Waals surface area contributed by atoms with Crippen molar-refractivity contribution in [3.63, 3.8) is 0 Å². The highest BCUT2D eigenvalue weighted by atomic mass is 31.2. The number of carbonyl (C=O) groups excluding carboxylic acids is 3. The summed E-state index contributed by atoms with van der Waals surface area (Å²) in [7, 11) is -9.79. The highest BCUT2D eigenvalue weighted by molar-refractivity contribution is 7.47. The summed E-state index contributed by atoms with van der Waals surface area (Å²) >= 11 is 0. The average Bonchev–Trinajstić information content (AvgIpc) is 0.903. The number of aliphatic hydroxyl groups is 2. The molecule has 656 valence electrons. The van der Waals surface area contributed by atoms with Crippen molar-refractivity contribution in [2.24, 2.45) is 0 Å². The topological polar surface area (TPSA) is 231 Å². The molecule has 18 heteroatoms. The van der Waals surface area contributed by atoms with Crippen LogP contribution in [0, 0.1) is 0 Å². The van der Waals surface area contributed by atoms with E-state index in [9.17, 15) is 43.5 Å². The average molecular weight is 1630 g/mol. The van der Waals surface area contributed by atoms with Crippen molar-refractivity contribution in [2.75, 3.05) is 39.6 Å². The molecule has 5 unspecified atom stereocenters. The molecule has 5 atom stereocenters. The van der Waals surface area contributed by atoms with E-state index in [0.29, 0.717) is 19.3 Å². The molecule has 0 aromatic heterocycles. The normalized spacial score (nSPS) is 14.3. The Morgan fingerprint density at radius 2 is 0.442 bits per heavy atom. The summed E-state index contributed by atoms with van der Waals surface area (Å²) in [6.45, 7) is 2.66. The minimum absolute atomic E-state index is 0.0958. The van der Waals surface area contributed by atoms with Gasteiger partial charge >= 0.3 is 33.6 Å². The lowest BCUT2D eigenvalue weighted by Crippen LogP contribution is -2.30. The Labute approximate surface area is 691 Å². The summed E-state index contributed by atoms with van der Waals surface area (Å²) in [4.78, 5) is 58.8. The van der Waals surface area contributed by atoms with Crippen LogP contribution >= 0.6 is 15.6 Å². The number of hydrogen-bond donors (Lipinski definition) is 4. The van der Waals surface area contributed by atoms with Gasteiger partial charge in [0.2, 0.25) is 0 Å². The predicted molar refractivity (Wildman–Crippen MR) is 473 cm³/mol. The number of carbonyl (C=O) groups is 3. The van der Waals surface area contributed by atoms with Gasteiger partial charge in [0.25, 0.3) is 0 Å². The van der Waals surface area contributed by atoms with Crippen LogP contribution in [0.5, 0.6) is 0 Å². The van der Waals surface area contributed by atoms with Gasteiger partial charge < -0.3 is 34.2 Å². The number of aliphatic hydroxyl groups excluding tert-OH is 2. The standard InChI is InChI=1S/C95H170O16P2/c1-4-7-10-13-16-19-22-25-27-29-31-33-35-37-39-41-42-43-44-45-46-48-50-51-53-55-57-59-61-64-66-69-72-75-78-81-93(98)105-84-90(96)85-107-112(101,102)108-86-91(97)87-109-113(103,104)110-89-92(111-95(100)83-80-77-74-71-68-63-24-21-18-15-12-9-6-3)88-106-94(99)82-79-76-73-70-67-65-62-60-58-56-54-52-49-47-40-38-36-34-32-30-28-26-23-20-17-14-11-8-5-2/h16-17,19-21,24-28,31-34,37-40,90-92,96-97H,4-15,18,22-23,29-30,35-36,41-89H2,1-3H3,(H,101,102)(H,103,104)/b19-16-,20-17-,24-21-,27-25-,28-26-,33-31-,34-32-,39-37-,40-38-. The second-order valence-electron chi connectivity index (χ2n) is 31.1. The van der Waals surface area contributed by atoms with Crippen LogP contribution in [0.1, 0.15) is 419 Å². The lowest BCUT2D eigenvalue weighted by atomic mass is 10.0. The zero-order valence-electron chi connectivity index (χ0n) is 72.3. The van der Waals surface area contributed by atoms with Crippen molar-refractivity contribution in [1.82, 2.24) is 0 Å². The summed E-state index contributed by atoms with van der Waals surface area (Å²) in [5.74, 6) is -1.57. The molecular formula is C95H170O16P2. The van der Waals surface area contributed by atoms with Crippen molar-refractivity contribution in [1.29, 1.82) is 0 Å². The number of esters is 3. The van der Waals surface area contributed by atoms with Gasteiger partial charge in [0, 0.05) is 19.3 Å². The predicted octanol–water partition coefficient (Wildman–Crippen LogP) is 28.2. The van der Waals surface area contributed by atoms with Crippen LogP contribution in [-0.2, 0) is 55.8 Å². The Hall–Kier alpha value is -3.79. The highest BCUT2D eigenvalue weighted by Gasteiger charge is 2.29. The minimum atomic E-state index is -4.93. The fraction of sp³-hybridized carbons (Fsp3) is 0.779. The van der Waals surface area contributed by atoms with E-state index in [0.717, 1.165) is 122 Å². The number of allylic oxidation sites excluding steroid dienone is 18. The molecule has 0 aliphatic carbocycles. The van der Waals surface area contributed by atoms with Crippen LogP contribution in [0.3, 0.4) is 0 Å². The molecule has 4 N–H and O–H groups in total. The van der Waals surface area contributed by atoms with E-state index >= 15 is 0 Å².